The molecule has 0 fully saturated rings. The molecule has 0 spiro atoms. The van der Waals surface area contributed by atoms with Gasteiger partial charge in [-0.05, 0) is 71.6 Å². The number of nitrogens with one attached hydrogen (secondary N) is 2. The lowest BCUT2D eigenvalue weighted by molar-refractivity contribution is -0.136. The predicted molar refractivity (Wildman–Crippen MR) is 136 cm³/mol. The van der Waals surface area contributed by atoms with E-state index in [0.717, 1.165) is 11.1 Å². The van der Waals surface area contributed by atoms with E-state index in [2.05, 4.69) is 31.8 Å². The number of benzene rings is 3. The van der Waals surface area contributed by atoms with Gasteiger partial charge in [0.05, 0.1) is 17.3 Å². The number of hydrogen-bond donors (Lipinski definition) is 2. The highest BCUT2D eigenvalue weighted by molar-refractivity contribution is 9.10. The van der Waals surface area contributed by atoms with Crippen molar-refractivity contribution in [2.24, 2.45) is 5.10 Å². The number of nitrogens with zero attached hydrogens (tertiary/aromatic N) is 1. The van der Waals surface area contributed by atoms with Crippen LogP contribution >= 0.6 is 15.9 Å². The third-order valence-corrected chi connectivity index (χ3v) is 5.56. The van der Waals surface area contributed by atoms with Crippen LogP contribution in [-0.2, 0) is 16.2 Å². The van der Waals surface area contributed by atoms with Gasteiger partial charge in [0.1, 0.15) is 12.4 Å². The van der Waals surface area contributed by atoms with Crippen LogP contribution in [0.3, 0.4) is 0 Å². The van der Waals surface area contributed by atoms with Crippen LogP contribution in [-0.4, -0.2) is 24.6 Å². The fourth-order valence-electron chi connectivity index (χ4n) is 3.23. The quantitative estimate of drug-likeness (QED) is 0.231. The zero-order valence-electron chi connectivity index (χ0n) is 19.5. The van der Waals surface area contributed by atoms with Crippen LogP contribution in [0.25, 0.3) is 0 Å². The molecule has 0 aliphatic heterocycles. The van der Waals surface area contributed by atoms with Gasteiger partial charge in [-0.25, -0.2) is 9.82 Å². The molecule has 182 valence electrons. The van der Waals surface area contributed by atoms with Gasteiger partial charge in [0.2, 0.25) is 0 Å². The number of ether oxygens (including phenoxy) is 2. The van der Waals surface area contributed by atoms with Crippen LogP contribution in [0.2, 0.25) is 0 Å². The Balaban J connectivity index is 1.68. The summed E-state index contributed by atoms with van der Waals surface area (Å²) in [7, 11) is 0. The molecule has 3 aromatic rings. The highest BCUT2D eigenvalue weighted by Crippen LogP contribution is 2.37. The number of aryl methyl sites for hydroxylation is 2. The SMILES string of the molecule is CCOc1cc(/C=N/NC(=O)C(=O)Nc2c(C)cccc2C)cc(Br)c1OCc1ccccc1F. The number of hydrogen-bond acceptors (Lipinski definition) is 5. The maximum Gasteiger partial charge on any atom is 0.329 e. The lowest BCUT2D eigenvalue weighted by atomic mass is 10.1. The van der Waals surface area contributed by atoms with Crippen molar-refractivity contribution in [1.82, 2.24) is 5.43 Å². The molecule has 2 amide bonds. The van der Waals surface area contributed by atoms with Crippen LogP contribution in [0.4, 0.5) is 10.1 Å². The first-order chi connectivity index (χ1) is 16.8. The first-order valence-corrected chi connectivity index (χ1v) is 11.6. The molecular formula is C26H25BrFN3O4. The summed E-state index contributed by atoms with van der Waals surface area (Å²) in [5.74, 6) is -1.27. The molecule has 0 unspecified atom stereocenters. The second-order valence-corrected chi connectivity index (χ2v) is 8.42. The summed E-state index contributed by atoms with van der Waals surface area (Å²) in [6.07, 6.45) is 1.37. The number of carbonyl (C=O) groups excluding carboxylic acids is 2. The van der Waals surface area contributed by atoms with E-state index in [0.29, 0.717) is 39.4 Å². The zero-order chi connectivity index (χ0) is 25.4. The normalized spacial score (nSPS) is 10.8. The summed E-state index contributed by atoms with van der Waals surface area (Å²) in [5, 5.41) is 6.48. The predicted octanol–water partition coefficient (Wildman–Crippen LogP) is 5.27. The number of carbonyl (C=O) groups is 2. The number of para-hydroxylation sites is 1. The Morgan fingerprint density at radius 3 is 2.43 bits per heavy atom. The first-order valence-electron chi connectivity index (χ1n) is 10.8. The van der Waals surface area contributed by atoms with Crippen molar-refractivity contribution in [2.75, 3.05) is 11.9 Å². The molecule has 2 N–H and O–H groups in total. The molecule has 0 saturated carbocycles. The molecule has 3 rings (SSSR count). The number of amides is 2. The van der Waals surface area contributed by atoms with Crippen molar-refractivity contribution in [3.63, 3.8) is 0 Å². The Labute approximate surface area is 211 Å². The lowest BCUT2D eigenvalue weighted by Gasteiger charge is -2.15. The zero-order valence-corrected chi connectivity index (χ0v) is 21.1. The third kappa shape index (κ3) is 6.89. The highest BCUT2D eigenvalue weighted by Gasteiger charge is 2.16. The Kier molecular flexibility index (Phi) is 8.97. The number of hydrazone groups is 1. The van der Waals surface area contributed by atoms with E-state index in [1.165, 1.54) is 12.3 Å². The minimum absolute atomic E-state index is 0.0182. The van der Waals surface area contributed by atoms with Gasteiger partial charge < -0.3 is 14.8 Å². The molecule has 0 heterocycles. The summed E-state index contributed by atoms with van der Waals surface area (Å²) < 4.78 is 26.0. The van der Waals surface area contributed by atoms with Crippen LogP contribution in [0, 0.1) is 19.7 Å². The molecule has 9 heteroatoms. The number of rotatable bonds is 8. The molecule has 0 saturated heterocycles. The van der Waals surface area contributed by atoms with E-state index >= 15 is 0 Å². The summed E-state index contributed by atoms with van der Waals surface area (Å²) in [5.41, 5.74) is 5.49. The van der Waals surface area contributed by atoms with E-state index in [9.17, 15) is 14.0 Å². The van der Waals surface area contributed by atoms with E-state index in [4.69, 9.17) is 9.47 Å². The van der Waals surface area contributed by atoms with Crippen molar-refractivity contribution < 1.29 is 23.5 Å². The Morgan fingerprint density at radius 1 is 1.03 bits per heavy atom. The highest BCUT2D eigenvalue weighted by atomic mass is 79.9. The molecule has 0 aliphatic carbocycles. The minimum atomic E-state index is -0.905. The van der Waals surface area contributed by atoms with Gasteiger partial charge >= 0.3 is 11.8 Å². The fraction of sp³-hybridized carbons (Fsp3) is 0.192. The van der Waals surface area contributed by atoms with Crippen molar-refractivity contribution in [2.45, 2.75) is 27.4 Å². The fourth-order valence-corrected chi connectivity index (χ4v) is 3.80. The van der Waals surface area contributed by atoms with Crippen molar-refractivity contribution in [3.05, 3.63) is 87.1 Å². The van der Waals surface area contributed by atoms with Gasteiger partial charge in [0.15, 0.2) is 11.5 Å². The Hall–Kier alpha value is -3.72. The second kappa shape index (κ2) is 12.1. The molecule has 0 aromatic heterocycles. The molecule has 7 nitrogen and oxygen atoms in total. The van der Waals surface area contributed by atoms with E-state index in [1.54, 1.807) is 30.3 Å². The third-order valence-electron chi connectivity index (χ3n) is 4.97. The van der Waals surface area contributed by atoms with Gasteiger partial charge in [-0.2, -0.15) is 5.10 Å². The minimum Gasteiger partial charge on any atom is -0.490 e. The molecule has 0 atom stereocenters. The standard InChI is InChI=1S/C26H25BrFN3O4/c1-4-34-22-13-18(12-20(27)24(22)35-15-19-10-5-6-11-21(19)28)14-29-31-26(33)25(32)30-23-16(2)8-7-9-17(23)3/h5-14H,4,15H2,1-3H3,(H,30,32)(H,31,33)/b29-14+. The van der Waals surface area contributed by atoms with Crippen LogP contribution in [0.1, 0.15) is 29.2 Å². The Bertz CT molecular complexity index is 1240. The summed E-state index contributed by atoms with van der Waals surface area (Å²) >= 11 is 3.44. The van der Waals surface area contributed by atoms with Crippen LogP contribution < -0.4 is 20.2 Å². The second-order valence-electron chi connectivity index (χ2n) is 7.56. The average molecular weight is 542 g/mol. The molecule has 0 bridgehead atoms. The van der Waals surface area contributed by atoms with Gasteiger partial charge in [0, 0.05) is 11.3 Å². The van der Waals surface area contributed by atoms with Crippen LogP contribution in [0.5, 0.6) is 11.5 Å². The molecular weight excluding hydrogens is 517 g/mol. The van der Waals surface area contributed by atoms with E-state index in [1.807, 2.05) is 39.0 Å². The van der Waals surface area contributed by atoms with Gasteiger partial charge in [-0.3, -0.25) is 9.59 Å². The van der Waals surface area contributed by atoms with Gasteiger partial charge in [-0.15, -0.1) is 0 Å². The van der Waals surface area contributed by atoms with Gasteiger partial charge in [0.25, 0.3) is 0 Å². The monoisotopic (exact) mass is 541 g/mol. The van der Waals surface area contributed by atoms with Gasteiger partial charge in [-0.1, -0.05) is 36.4 Å². The topological polar surface area (TPSA) is 89.0 Å². The molecule has 0 aliphatic rings. The summed E-state index contributed by atoms with van der Waals surface area (Å²) in [6.45, 7) is 5.90. The number of anilines is 1. The molecule has 35 heavy (non-hydrogen) atoms. The van der Waals surface area contributed by atoms with Crippen molar-refractivity contribution in [3.8, 4) is 11.5 Å². The van der Waals surface area contributed by atoms with Crippen LogP contribution in [0.15, 0.2) is 64.2 Å². The number of halogens is 2. The smallest absolute Gasteiger partial charge is 0.329 e. The molecule has 3 aromatic carbocycles. The maximum atomic E-state index is 13.9. The van der Waals surface area contributed by atoms with Crippen molar-refractivity contribution in [1.29, 1.82) is 0 Å². The first kappa shape index (κ1) is 25.9. The van der Waals surface area contributed by atoms with Crippen molar-refractivity contribution >= 4 is 39.6 Å². The molecule has 0 radical (unpaired) electrons. The maximum absolute atomic E-state index is 13.9. The summed E-state index contributed by atoms with van der Waals surface area (Å²) in [4.78, 5) is 24.4. The average Bonchev–Trinajstić information content (AvgIpc) is 2.82. The van der Waals surface area contributed by atoms with E-state index in [-0.39, 0.29) is 12.4 Å². The Morgan fingerprint density at radius 2 is 1.74 bits per heavy atom. The summed E-state index contributed by atoms with van der Waals surface area (Å²) in [6, 6.07) is 15.3. The van der Waals surface area contributed by atoms with E-state index < -0.39 is 11.8 Å². The largest absolute Gasteiger partial charge is 0.490 e. The lowest BCUT2D eigenvalue weighted by Crippen LogP contribution is -2.32.